The maximum atomic E-state index is 13.6. The summed E-state index contributed by atoms with van der Waals surface area (Å²) in [5, 5.41) is 11.5. The molecule has 0 unspecified atom stereocenters. The molecule has 0 fully saturated rings. The number of aliphatic carboxylic acids is 1. The van der Waals surface area contributed by atoms with Gasteiger partial charge in [0, 0.05) is 9.99 Å². The Kier molecular flexibility index (Phi) is 5.64. The van der Waals surface area contributed by atoms with E-state index in [9.17, 15) is 23.5 Å². The lowest BCUT2D eigenvalue weighted by Gasteiger charge is -2.15. The van der Waals surface area contributed by atoms with Gasteiger partial charge in [-0.15, -0.1) is 0 Å². The monoisotopic (exact) mass is 431 g/mol. The van der Waals surface area contributed by atoms with E-state index < -0.39 is 35.1 Å². The molecule has 120 valence electrons. The topological polar surface area (TPSA) is 66.4 Å². The van der Waals surface area contributed by atoms with Gasteiger partial charge in [-0.3, -0.25) is 4.79 Å². The SMILES string of the molecule is O=C(N[C@@H](Cc1cccc(I)c1)C(=O)O)c1cccc(F)c1F. The first kappa shape index (κ1) is 17.3. The van der Waals surface area contributed by atoms with Crippen LogP contribution in [0.2, 0.25) is 0 Å². The second-order valence-electron chi connectivity index (χ2n) is 4.80. The summed E-state index contributed by atoms with van der Waals surface area (Å²) in [6.45, 7) is 0. The Morgan fingerprint density at radius 3 is 2.52 bits per heavy atom. The number of amides is 1. The Balaban J connectivity index is 2.18. The van der Waals surface area contributed by atoms with Crippen LogP contribution in [0, 0.1) is 15.2 Å². The number of hydrogen-bond donors (Lipinski definition) is 2. The molecule has 2 aromatic rings. The van der Waals surface area contributed by atoms with Gasteiger partial charge in [0.1, 0.15) is 6.04 Å². The maximum absolute atomic E-state index is 13.6. The van der Waals surface area contributed by atoms with Crippen LogP contribution in [0.3, 0.4) is 0 Å². The number of halogens is 3. The number of carboxylic acids is 1. The summed E-state index contributed by atoms with van der Waals surface area (Å²) in [6, 6.07) is 9.04. The largest absolute Gasteiger partial charge is 0.480 e. The Labute approximate surface area is 144 Å². The van der Waals surface area contributed by atoms with Crippen molar-refractivity contribution in [3.63, 3.8) is 0 Å². The molecule has 0 radical (unpaired) electrons. The molecule has 2 N–H and O–H groups in total. The van der Waals surface area contributed by atoms with Crippen molar-refractivity contribution in [1.82, 2.24) is 5.32 Å². The molecule has 1 atom stereocenters. The number of nitrogens with one attached hydrogen (secondary N) is 1. The Morgan fingerprint density at radius 2 is 1.87 bits per heavy atom. The summed E-state index contributed by atoms with van der Waals surface area (Å²) >= 11 is 2.09. The molecule has 7 heteroatoms. The average Bonchev–Trinajstić information content (AvgIpc) is 2.49. The predicted octanol–water partition coefficient (Wildman–Crippen LogP) is 3.00. The lowest BCUT2D eigenvalue weighted by atomic mass is 10.1. The zero-order chi connectivity index (χ0) is 17.0. The van der Waals surface area contributed by atoms with E-state index in [0.29, 0.717) is 5.56 Å². The van der Waals surface area contributed by atoms with Crippen LogP contribution < -0.4 is 5.32 Å². The third-order valence-corrected chi connectivity index (χ3v) is 3.80. The van der Waals surface area contributed by atoms with Gasteiger partial charge < -0.3 is 10.4 Å². The fourth-order valence-corrected chi connectivity index (χ4v) is 2.62. The number of hydrogen-bond acceptors (Lipinski definition) is 2. The van der Waals surface area contributed by atoms with E-state index >= 15 is 0 Å². The third kappa shape index (κ3) is 4.47. The molecule has 0 aromatic heterocycles. The number of carboxylic acid groups (broad SMARTS) is 1. The minimum Gasteiger partial charge on any atom is -0.480 e. The number of rotatable bonds is 5. The van der Waals surface area contributed by atoms with Crippen LogP contribution in [0.25, 0.3) is 0 Å². The summed E-state index contributed by atoms with van der Waals surface area (Å²) in [5.41, 5.74) is 0.184. The van der Waals surface area contributed by atoms with Gasteiger partial charge in [-0.2, -0.15) is 0 Å². The van der Waals surface area contributed by atoms with Crippen molar-refractivity contribution in [3.05, 3.63) is 68.8 Å². The molecule has 2 rings (SSSR count). The van der Waals surface area contributed by atoms with Crippen LogP contribution in [-0.4, -0.2) is 23.0 Å². The first-order valence-electron chi connectivity index (χ1n) is 6.60. The third-order valence-electron chi connectivity index (χ3n) is 3.13. The van der Waals surface area contributed by atoms with E-state index in [0.717, 1.165) is 15.7 Å². The molecule has 0 bridgehead atoms. The van der Waals surface area contributed by atoms with E-state index in [1.165, 1.54) is 6.07 Å². The van der Waals surface area contributed by atoms with Crippen LogP contribution in [0.15, 0.2) is 42.5 Å². The number of carbonyl (C=O) groups excluding carboxylic acids is 1. The minimum atomic E-state index is -1.30. The molecule has 23 heavy (non-hydrogen) atoms. The van der Waals surface area contributed by atoms with Crippen LogP contribution in [0.1, 0.15) is 15.9 Å². The summed E-state index contributed by atoms with van der Waals surface area (Å²) in [5.74, 6) is -4.69. The lowest BCUT2D eigenvalue weighted by Crippen LogP contribution is -2.42. The molecule has 0 aliphatic rings. The van der Waals surface area contributed by atoms with Crippen molar-refractivity contribution in [3.8, 4) is 0 Å². The van der Waals surface area contributed by atoms with E-state index in [1.54, 1.807) is 18.2 Å². The lowest BCUT2D eigenvalue weighted by molar-refractivity contribution is -0.139. The first-order chi connectivity index (χ1) is 10.9. The van der Waals surface area contributed by atoms with Crippen molar-refractivity contribution < 1.29 is 23.5 Å². The van der Waals surface area contributed by atoms with Gasteiger partial charge in [0.25, 0.3) is 5.91 Å². The van der Waals surface area contributed by atoms with Crippen molar-refractivity contribution in [2.75, 3.05) is 0 Å². The van der Waals surface area contributed by atoms with Crippen LogP contribution in [-0.2, 0) is 11.2 Å². The Bertz CT molecular complexity index is 752. The van der Waals surface area contributed by atoms with Crippen molar-refractivity contribution in [2.45, 2.75) is 12.5 Å². The molecule has 0 saturated carbocycles. The first-order valence-corrected chi connectivity index (χ1v) is 7.68. The van der Waals surface area contributed by atoms with Crippen LogP contribution in [0.5, 0.6) is 0 Å². The maximum Gasteiger partial charge on any atom is 0.326 e. The van der Waals surface area contributed by atoms with Gasteiger partial charge in [-0.05, 0) is 52.4 Å². The predicted molar refractivity (Wildman–Crippen MR) is 88.1 cm³/mol. The molecular formula is C16H12F2INO3. The summed E-state index contributed by atoms with van der Waals surface area (Å²) < 4.78 is 27.7. The van der Waals surface area contributed by atoms with Gasteiger partial charge in [0.2, 0.25) is 0 Å². The fraction of sp³-hybridized carbons (Fsp3) is 0.125. The summed E-state index contributed by atoms with van der Waals surface area (Å²) in [6.07, 6.45) is 0.0366. The molecule has 0 aliphatic heterocycles. The quantitative estimate of drug-likeness (QED) is 0.716. The summed E-state index contributed by atoms with van der Waals surface area (Å²) in [7, 11) is 0. The molecule has 4 nitrogen and oxygen atoms in total. The van der Waals surface area contributed by atoms with Gasteiger partial charge in [-0.25, -0.2) is 13.6 Å². The molecule has 0 aliphatic carbocycles. The highest BCUT2D eigenvalue weighted by molar-refractivity contribution is 14.1. The minimum absolute atomic E-state index is 0.0366. The van der Waals surface area contributed by atoms with Crippen LogP contribution in [0.4, 0.5) is 8.78 Å². The zero-order valence-corrected chi connectivity index (χ0v) is 13.9. The molecule has 2 aromatic carbocycles. The number of benzene rings is 2. The van der Waals surface area contributed by atoms with Gasteiger partial charge in [0.05, 0.1) is 5.56 Å². The molecular weight excluding hydrogens is 419 g/mol. The fourth-order valence-electron chi connectivity index (χ4n) is 2.01. The highest BCUT2D eigenvalue weighted by atomic mass is 127. The Morgan fingerprint density at radius 1 is 1.17 bits per heavy atom. The van der Waals surface area contributed by atoms with Gasteiger partial charge in [-0.1, -0.05) is 18.2 Å². The smallest absolute Gasteiger partial charge is 0.326 e. The zero-order valence-electron chi connectivity index (χ0n) is 11.7. The average molecular weight is 431 g/mol. The van der Waals surface area contributed by atoms with E-state index in [4.69, 9.17) is 0 Å². The van der Waals surface area contributed by atoms with E-state index in [1.807, 2.05) is 6.07 Å². The highest BCUT2D eigenvalue weighted by Crippen LogP contribution is 2.13. The summed E-state index contributed by atoms with van der Waals surface area (Å²) in [4.78, 5) is 23.3. The molecule has 1 amide bonds. The molecule has 0 spiro atoms. The normalized spacial score (nSPS) is 11.8. The van der Waals surface area contributed by atoms with Crippen molar-refractivity contribution in [1.29, 1.82) is 0 Å². The Hall–Kier alpha value is -2.03. The molecule has 0 saturated heterocycles. The second-order valence-corrected chi connectivity index (χ2v) is 6.05. The van der Waals surface area contributed by atoms with Crippen LogP contribution >= 0.6 is 22.6 Å². The van der Waals surface area contributed by atoms with Crippen molar-refractivity contribution in [2.24, 2.45) is 0 Å². The number of carbonyl (C=O) groups is 2. The highest BCUT2D eigenvalue weighted by Gasteiger charge is 2.23. The standard InChI is InChI=1S/C16H12F2INO3/c17-12-6-2-5-11(14(12)18)15(21)20-13(16(22)23)8-9-3-1-4-10(19)7-9/h1-7,13H,8H2,(H,20,21)(H,22,23)/t13-/m0/s1. The van der Waals surface area contributed by atoms with Gasteiger partial charge in [0.15, 0.2) is 11.6 Å². The van der Waals surface area contributed by atoms with E-state index in [-0.39, 0.29) is 6.42 Å². The van der Waals surface area contributed by atoms with E-state index in [2.05, 4.69) is 27.9 Å². The second kappa shape index (κ2) is 7.49. The van der Waals surface area contributed by atoms with Gasteiger partial charge >= 0.3 is 5.97 Å². The molecule has 0 heterocycles. The van der Waals surface area contributed by atoms with Crippen molar-refractivity contribution >= 4 is 34.5 Å².